The van der Waals surface area contributed by atoms with Crippen LogP contribution in [0.5, 0.6) is 0 Å². The average molecular weight is 416 g/mol. The van der Waals surface area contributed by atoms with Crippen molar-refractivity contribution in [2.45, 2.75) is 45.7 Å². The van der Waals surface area contributed by atoms with Gasteiger partial charge >= 0.3 is 0 Å². The lowest BCUT2D eigenvalue weighted by Crippen LogP contribution is -3.20. The van der Waals surface area contributed by atoms with E-state index in [0.29, 0.717) is 13.1 Å². The Morgan fingerprint density at radius 3 is 2.41 bits per heavy atom. The summed E-state index contributed by atoms with van der Waals surface area (Å²) in [6, 6.07) is 1.29. The number of halogens is 3. The molecule has 1 heterocycles. The van der Waals surface area contributed by atoms with Gasteiger partial charge in [-0.2, -0.15) is 0 Å². The van der Waals surface area contributed by atoms with Crippen molar-refractivity contribution < 1.29 is 32.6 Å². The van der Waals surface area contributed by atoms with Gasteiger partial charge in [-0.3, -0.25) is 9.59 Å². The van der Waals surface area contributed by atoms with Crippen molar-refractivity contribution in [2.24, 2.45) is 0 Å². The van der Waals surface area contributed by atoms with Crippen LogP contribution in [0.25, 0.3) is 0 Å². The predicted molar refractivity (Wildman–Crippen MR) is 103 cm³/mol. The molecule has 9 heteroatoms. The normalized spacial score (nSPS) is 21.2. The maximum atomic E-state index is 13.8. The van der Waals surface area contributed by atoms with E-state index in [2.05, 4.69) is 10.6 Å². The number of hydrogen-bond donors (Lipinski definition) is 4. The fraction of sp³-hybridized carbons (Fsp3) is 0.600. The fourth-order valence-electron chi connectivity index (χ4n) is 3.50. The highest BCUT2D eigenvalue weighted by molar-refractivity contribution is 5.93. The predicted octanol–water partition coefficient (Wildman–Crippen LogP) is -0.481. The molecule has 0 aliphatic carbocycles. The van der Waals surface area contributed by atoms with Crippen LogP contribution in [0.3, 0.4) is 0 Å². The number of hydrogen-bond acceptors (Lipinski definition) is 2. The van der Waals surface area contributed by atoms with Gasteiger partial charge < -0.3 is 20.4 Å². The van der Waals surface area contributed by atoms with Crippen molar-refractivity contribution >= 4 is 17.5 Å². The molecule has 0 saturated carbocycles. The molecule has 3 atom stereocenters. The van der Waals surface area contributed by atoms with E-state index in [9.17, 15) is 22.8 Å². The molecule has 4 N–H and O–H groups in total. The Labute approximate surface area is 169 Å². The van der Waals surface area contributed by atoms with Crippen LogP contribution in [0.1, 0.15) is 34.1 Å². The minimum absolute atomic E-state index is 0.00412. The number of quaternary nitrogens is 2. The van der Waals surface area contributed by atoms with Gasteiger partial charge in [-0.05, 0) is 39.8 Å². The van der Waals surface area contributed by atoms with Crippen molar-refractivity contribution in [2.75, 3.05) is 38.0 Å². The van der Waals surface area contributed by atoms with Crippen LogP contribution < -0.4 is 20.4 Å². The van der Waals surface area contributed by atoms with E-state index in [1.807, 2.05) is 20.8 Å². The molecular formula is C20H31F3N4O2+2. The monoisotopic (exact) mass is 416 g/mol. The molecule has 2 unspecified atom stereocenters. The van der Waals surface area contributed by atoms with Gasteiger partial charge in [0.15, 0.2) is 30.0 Å². The highest BCUT2D eigenvalue weighted by atomic mass is 19.2. The minimum atomic E-state index is -1.61. The zero-order valence-electron chi connectivity index (χ0n) is 17.4. The maximum Gasteiger partial charge on any atom is 0.282 e. The molecule has 1 fully saturated rings. The van der Waals surface area contributed by atoms with Crippen LogP contribution in [0.2, 0.25) is 0 Å². The second kappa shape index (κ2) is 9.58. The van der Waals surface area contributed by atoms with E-state index in [1.54, 1.807) is 6.92 Å². The molecule has 0 radical (unpaired) electrons. The number of benzene rings is 1. The van der Waals surface area contributed by atoms with Crippen molar-refractivity contribution in [3.63, 3.8) is 0 Å². The summed E-state index contributed by atoms with van der Waals surface area (Å²) in [5.41, 5.74) is -0.650. The first-order chi connectivity index (χ1) is 13.5. The standard InChI is InChI=1S/C20H29F3N4O2/c1-13(19(29)24-15-7-6-14(21)17(22)18(15)23)27-9-5-8-26(10-11-27)12-16(28)25-20(2,3)4/h6-7,13H,5,8-12H2,1-4H3,(H,24,29)(H,25,28)/p+2/t13-/m1/s1. The Morgan fingerprint density at radius 2 is 1.76 bits per heavy atom. The summed E-state index contributed by atoms with van der Waals surface area (Å²) in [5, 5.41) is 5.31. The van der Waals surface area contributed by atoms with E-state index in [1.165, 1.54) is 0 Å². The van der Waals surface area contributed by atoms with Gasteiger partial charge in [0.2, 0.25) is 0 Å². The van der Waals surface area contributed by atoms with Crippen molar-refractivity contribution in [3.8, 4) is 0 Å². The van der Waals surface area contributed by atoms with Crippen LogP contribution >= 0.6 is 0 Å². The molecule has 2 amide bonds. The first-order valence-electron chi connectivity index (χ1n) is 9.91. The van der Waals surface area contributed by atoms with E-state index in [-0.39, 0.29) is 17.1 Å². The molecule has 162 valence electrons. The summed E-state index contributed by atoms with van der Waals surface area (Å²) in [7, 11) is 0. The number of amides is 2. The SMILES string of the molecule is C[C@H](C(=O)Nc1ccc(F)c(F)c1F)[NH+]1CCC[NH+](CC(=O)NC(C)(C)C)CC1. The Bertz CT molecular complexity index is 752. The van der Waals surface area contributed by atoms with Gasteiger partial charge in [-0.15, -0.1) is 0 Å². The molecule has 29 heavy (non-hydrogen) atoms. The summed E-state index contributed by atoms with van der Waals surface area (Å²) in [6.07, 6.45) is 0.838. The van der Waals surface area contributed by atoms with E-state index in [0.717, 1.165) is 48.0 Å². The van der Waals surface area contributed by atoms with E-state index < -0.39 is 29.4 Å². The third kappa shape index (κ3) is 6.71. The molecule has 0 bridgehead atoms. The van der Waals surface area contributed by atoms with Gasteiger partial charge in [0.25, 0.3) is 11.8 Å². The lowest BCUT2D eigenvalue weighted by Gasteiger charge is -2.24. The van der Waals surface area contributed by atoms with Crippen LogP contribution in [-0.2, 0) is 9.59 Å². The van der Waals surface area contributed by atoms with Gasteiger partial charge in [-0.1, -0.05) is 0 Å². The van der Waals surface area contributed by atoms with Gasteiger partial charge in [0.1, 0.15) is 13.1 Å². The second-order valence-electron chi connectivity index (χ2n) is 8.67. The van der Waals surface area contributed by atoms with Crippen LogP contribution in [0.15, 0.2) is 12.1 Å². The number of nitrogens with one attached hydrogen (secondary N) is 4. The van der Waals surface area contributed by atoms with Crippen LogP contribution in [-0.4, -0.2) is 56.1 Å². The molecule has 6 nitrogen and oxygen atoms in total. The Balaban J connectivity index is 1.91. The number of carbonyl (C=O) groups excluding carboxylic acids is 2. The topological polar surface area (TPSA) is 67.1 Å². The smallest absolute Gasteiger partial charge is 0.282 e. The first-order valence-corrected chi connectivity index (χ1v) is 9.91. The third-order valence-electron chi connectivity index (χ3n) is 5.05. The molecule has 1 aliphatic rings. The molecule has 0 aromatic heterocycles. The Hall–Kier alpha value is -2.13. The summed E-state index contributed by atoms with van der Waals surface area (Å²) >= 11 is 0. The van der Waals surface area contributed by atoms with Crippen LogP contribution in [0, 0.1) is 17.5 Å². The van der Waals surface area contributed by atoms with Crippen molar-refractivity contribution in [3.05, 3.63) is 29.6 Å². The highest BCUT2D eigenvalue weighted by Crippen LogP contribution is 2.19. The number of rotatable bonds is 5. The quantitative estimate of drug-likeness (QED) is 0.490. The molecular weight excluding hydrogens is 385 g/mol. The minimum Gasteiger partial charge on any atom is -0.347 e. The summed E-state index contributed by atoms with van der Waals surface area (Å²) < 4.78 is 40.2. The zero-order chi connectivity index (χ0) is 21.8. The van der Waals surface area contributed by atoms with E-state index in [4.69, 9.17) is 0 Å². The molecule has 0 spiro atoms. The summed E-state index contributed by atoms with van der Waals surface area (Å²) in [5.74, 6) is -4.78. The fourth-order valence-corrected chi connectivity index (χ4v) is 3.50. The zero-order valence-corrected chi connectivity index (χ0v) is 17.4. The number of anilines is 1. The average Bonchev–Trinajstić information content (AvgIpc) is 2.85. The largest absolute Gasteiger partial charge is 0.347 e. The number of carbonyl (C=O) groups is 2. The van der Waals surface area contributed by atoms with Crippen molar-refractivity contribution in [1.82, 2.24) is 5.32 Å². The molecule has 2 rings (SSSR count). The summed E-state index contributed by atoms with van der Waals surface area (Å²) in [4.78, 5) is 26.8. The third-order valence-corrected chi connectivity index (χ3v) is 5.05. The van der Waals surface area contributed by atoms with Gasteiger partial charge in [0.05, 0.1) is 18.8 Å². The van der Waals surface area contributed by atoms with E-state index >= 15 is 0 Å². The Kier molecular flexibility index (Phi) is 7.65. The molecule has 1 saturated heterocycles. The highest BCUT2D eigenvalue weighted by Gasteiger charge is 2.30. The van der Waals surface area contributed by atoms with Crippen molar-refractivity contribution in [1.29, 1.82) is 0 Å². The Morgan fingerprint density at radius 1 is 1.07 bits per heavy atom. The van der Waals surface area contributed by atoms with Gasteiger partial charge in [-0.25, -0.2) is 13.2 Å². The lowest BCUT2D eigenvalue weighted by atomic mass is 10.1. The first kappa shape index (κ1) is 23.2. The summed E-state index contributed by atoms with van der Waals surface area (Å²) in [6.45, 7) is 10.9. The lowest BCUT2D eigenvalue weighted by molar-refractivity contribution is -0.942. The molecule has 1 aliphatic heterocycles. The molecule has 1 aromatic carbocycles. The van der Waals surface area contributed by atoms with Gasteiger partial charge in [0, 0.05) is 12.0 Å². The maximum absolute atomic E-state index is 13.8. The second-order valence-corrected chi connectivity index (χ2v) is 8.67. The molecule has 1 aromatic rings. The van der Waals surface area contributed by atoms with Crippen LogP contribution in [0.4, 0.5) is 18.9 Å².